The highest BCUT2D eigenvalue weighted by Crippen LogP contribution is 2.34. The van der Waals surface area contributed by atoms with Crippen molar-refractivity contribution in [2.24, 2.45) is 0 Å². The third kappa shape index (κ3) is 4.23. The van der Waals surface area contributed by atoms with Crippen LogP contribution >= 0.6 is 0 Å². The lowest BCUT2D eigenvalue weighted by Gasteiger charge is -2.35. The van der Waals surface area contributed by atoms with Gasteiger partial charge in [-0.15, -0.1) is 0 Å². The second kappa shape index (κ2) is 8.70. The summed E-state index contributed by atoms with van der Waals surface area (Å²) in [5.41, 5.74) is 3.00. The fraction of sp³-hybridized carbons (Fsp3) is 0.417. The largest absolute Gasteiger partial charge is 0.482 e. The molecule has 0 atom stereocenters. The Morgan fingerprint density at radius 3 is 2.59 bits per heavy atom. The first-order valence-electron chi connectivity index (χ1n) is 11.0. The smallest absolute Gasteiger partial charge is 0.265 e. The van der Waals surface area contributed by atoms with E-state index < -0.39 is 0 Å². The molecule has 1 fully saturated rings. The second-order valence-corrected chi connectivity index (χ2v) is 8.40. The van der Waals surface area contributed by atoms with Gasteiger partial charge in [0.15, 0.2) is 18.1 Å². The third-order valence-electron chi connectivity index (χ3n) is 6.18. The Morgan fingerprint density at radius 2 is 1.75 bits per heavy atom. The predicted molar refractivity (Wildman–Crippen MR) is 118 cm³/mol. The number of rotatable bonds is 5. The normalized spacial score (nSPS) is 17.8. The predicted octanol–water partition coefficient (Wildman–Crippen LogP) is 2.18. The Balaban J connectivity index is 1.12. The maximum Gasteiger partial charge on any atom is 0.265 e. The zero-order valence-electron chi connectivity index (χ0n) is 18.2. The monoisotopic (exact) mass is 437 g/mol. The Bertz CT molecular complexity index is 1030. The van der Waals surface area contributed by atoms with Gasteiger partial charge in [0.25, 0.3) is 5.91 Å². The first-order chi connectivity index (χ1) is 15.6. The van der Waals surface area contributed by atoms with Crippen LogP contribution in [0.2, 0.25) is 0 Å². The molecule has 8 nitrogen and oxygen atoms in total. The van der Waals surface area contributed by atoms with Crippen LogP contribution in [-0.2, 0) is 16.1 Å². The Labute approximate surface area is 187 Å². The minimum Gasteiger partial charge on any atom is -0.482 e. The minimum absolute atomic E-state index is 0.0170. The van der Waals surface area contributed by atoms with E-state index in [1.165, 1.54) is 5.56 Å². The number of carbonyl (C=O) groups is 2. The van der Waals surface area contributed by atoms with Crippen molar-refractivity contribution in [2.75, 3.05) is 51.0 Å². The summed E-state index contributed by atoms with van der Waals surface area (Å²) in [4.78, 5) is 31.1. The Kier molecular flexibility index (Phi) is 5.61. The van der Waals surface area contributed by atoms with Crippen molar-refractivity contribution in [3.05, 3.63) is 47.5 Å². The maximum absolute atomic E-state index is 12.8. The van der Waals surface area contributed by atoms with Gasteiger partial charge in [0.1, 0.15) is 5.75 Å². The summed E-state index contributed by atoms with van der Waals surface area (Å²) in [6, 6.07) is 11.8. The van der Waals surface area contributed by atoms with E-state index in [9.17, 15) is 9.59 Å². The number of hydrogen-bond donors (Lipinski definition) is 0. The quantitative estimate of drug-likeness (QED) is 0.714. The summed E-state index contributed by atoms with van der Waals surface area (Å²) in [5.74, 6) is 2.27. The van der Waals surface area contributed by atoms with E-state index in [4.69, 9.17) is 14.2 Å². The second-order valence-electron chi connectivity index (χ2n) is 8.40. The molecule has 8 heteroatoms. The van der Waals surface area contributed by atoms with Gasteiger partial charge in [-0.25, -0.2) is 0 Å². The number of nitrogens with zero attached hydrogens (tertiary/aromatic N) is 3. The maximum atomic E-state index is 12.8. The molecule has 0 bridgehead atoms. The van der Waals surface area contributed by atoms with Gasteiger partial charge in [0.2, 0.25) is 12.7 Å². The van der Waals surface area contributed by atoms with E-state index in [1.807, 2.05) is 42.2 Å². The zero-order chi connectivity index (χ0) is 22.1. The molecule has 168 valence electrons. The molecule has 3 aliphatic heterocycles. The number of aryl methyl sites for hydroxylation is 1. The van der Waals surface area contributed by atoms with Gasteiger partial charge in [-0.2, -0.15) is 0 Å². The molecule has 0 N–H and O–H groups in total. The van der Waals surface area contributed by atoms with Gasteiger partial charge >= 0.3 is 0 Å². The fourth-order valence-corrected chi connectivity index (χ4v) is 4.38. The van der Waals surface area contributed by atoms with Crippen molar-refractivity contribution in [1.29, 1.82) is 0 Å². The molecule has 0 spiro atoms. The number of fused-ring (bicyclic) bond motifs is 2. The van der Waals surface area contributed by atoms with Gasteiger partial charge in [0.05, 0.1) is 5.69 Å². The van der Waals surface area contributed by atoms with Crippen LogP contribution in [0.3, 0.4) is 0 Å². The summed E-state index contributed by atoms with van der Waals surface area (Å²) >= 11 is 0. The van der Waals surface area contributed by atoms with Crippen molar-refractivity contribution in [1.82, 2.24) is 9.80 Å². The van der Waals surface area contributed by atoms with Crippen LogP contribution in [-0.4, -0.2) is 67.7 Å². The van der Waals surface area contributed by atoms with Crippen molar-refractivity contribution in [3.8, 4) is 17.2 Å². The topological polar surface area (TPSA) is 71.6 Å². The first-order valence-corrected chi connectivity index (χ1v) is 11.0. The average Bonchev–Trinajstić information content (AvgIpc) is 3.27. The summed E-state index contributed by atoms with van der Waals surface area (Å²) in [6.07, 6.45) is 0.307. The fourth-order valence-electron chi connectivity index (χ4n) is 4.38. The zero-order valence-corrected chi connectivity index (χ0v) is 18.2. The van der Waals surface area contributed by atoms with Crippen LogP contribution in [0, 0.1) is 6.92 Å². The lowest BCUT2D eigenvalue weighted by atomic mass is 10.1. The summed E-state index contributed by atoms with van der Waals surface area (Å²) < 4.78 is 16.4. The van der Waals surface area contributed by atoms with Crippen LogP contribution in [0.15, 0.2) is 36.4 Å². The van der Waals surface area contributed by atoms with Crippen molar-refractivity contribution in [2.45, 2.75) is 19.9 Å². The molecule has 0 aromatic heterocycles. The molecule has 2 aromatic carbocycles. The third-order valence-corrected chi connectivity index (χ3v) is 6.18. The van der Waals surface area contributed by atoms with Crippen molar-refractivity contribution < 1.29 is 23.8 Å². The highest BCUT2D eigenvalue weighted by atomic mass is 16.7. The summed E-state index contributed by atoms with van der Waals surface area (Å²) in [5, 5.41) is 0. The molecular weight excluding hydrogens is 410 g/mol. The van der Waals surface area contributed by atoms with Gasteiger partial charge < -0.3 is 24.0 Å². The molecule has 3 heterocycles. The van der Waals surface area contributed by atoms with Gasteiger partial charge in [-0.1, -0.05) is 12.1 Å². The molecule has 0 aliphatic carbocycles. The molecule has 0 saturated carbocycles. The number of benzene rings is 2. The van der Waals surface area contributed by atoms with Gasteiger partial charge in [-0.3, -0.25) is 14.5 Å². The number of hydrogen-bond acceptors (Lipinski definition) is 6. The molecule has 0 radical (unpaired) electrons. The van der Waals surface area contributed by atoms with E-state index >= 15 is 0 Å². The summed E-state index contributed by atoms with van der Waals surface area (Å²) in [6.45, 7) is 6.49. The number of carbonyl (C=O) groups excluding carboxylic acids is 2. The van der Waals surface area contributed by atoms with E-state index in [1.54, 1.807) is 4.90 Å². The standard InChI is InChI=1S/C24H27N3O5/c1-17-2-4-19-21(12-17)30-15-24(29)27(19)7-6-23(28)26-10-8-25(9-11-26)14-18-3-5-20-22(13-18)32-16-31-20/h2-5,12-13H,6-11,14-16H2,1H3. The lowest BCUT2D eigenvalue weighted by molar-refractivity contribution is -0.132. The highest BCUT2D eigenvalue weighted by molar-refractivity contribution is 5.98. The van der Waals surface area contributed by atoms with Gasteiger partial charge in [0, 0.05) is 45.7 Å². The molecule has 3 aliphatic rings. The Hall–Kier alpha value is -3.26. The summed E-state index contributed by atoms with van der Waals surface area (Å²) in [7, 11) is 0. The first kappa shape index (κ1) is 20.6. The van der Waals surface area contributed by atoms with E-state index in [0.29, 0.717) is 31.8 Å². The molecule has 5 rings (SSSR count). The van der Waals surface area contributed by atoms with Crippen molar-refractivity contribution >= 4 is 17.5 Å². The number of ether oxygens (including phenoxy) is 3. The SMILES string of the molecule is Cc1ccc2c(c1)OCC(=O)N2CCC(=O)N1CCN(Cc2ccc3c(c2)OCO3)CC1. The molecule has 2 amide bonds. The van der Waals surface area contributed by atoms with Crippen LogP contribution in [0.1, 0.15) is 17.5 Å². The number of anilines is 1. The molecule has 0 unspecified atom stereocenters. The number of piperazine rings is 1. The average molecular weight is 437 g/mol. The molecule has 1 saturated heterocycles. The van der Waals surface area contributed by atoms with Crippen LogP contribution < -0.4 is 19.1 Å². The molecule has 2 aromatic rings. The van der Waals surface area contributed by atoms with E-state index in [-0.39, 0.29) is 25.2 Å². The number of amides is 2. The minimum atomic E-state index is -0.109. The highest BCUT2D eigenvalue weighted by Gasteiger charge is 2.27. The van der Waals surface area contributed by atoms with E-state index in [2.05, 4.69) is 11.0 Å². The van der Waals surface area contributed by atoms with Crippen LogP contribution in [0.5, 0.6) is 17.2 Å². The lowest BCUT2D eigenvalue weighted by Crippen LogP contribution is -2.49. The van der Waals surface area contributed by atoms with Crippen LogP contribution in [0.25, 0.3) is 0 Å². The van der Waals surface area contributed by atoms with Gasteiger partial charge in [-0.05, 0) is 42.3 Å². The van der Waals surface area contributed by atoms with E-state index in [0.717, 1.165) is 42.4 Å². The van der Waals surface area contributed by atoms with Crippen LogP contribution in [0.4, 0.5) is 5.69 Å². The molecular formula is C24H27N3O5. The Morgan fingerprint density at radius 1 is 0.938 bits per heavy atom. The molecule has 32 heavy (non-hydrogen) atoms. The van der Waals surface area contributed by atoms with Crippen molar-refractivity contribution in [3.63, 3.8) is 0 Å².